The number of nitrogens with zero attached hydrogens (tertiary/aromatic N) is 2. The average Bonchev–Trinajstić information content (AvgIpc) is 3.43. The molecule has 1 N–H and O–H groups in total. The first-order chi connectivity index (χ1) is 18.7. The van der Waals surface area contributed by atoms with Crippen LogP contribution in [0.25, 0.3) is 0 Å². The highest BCUT2D eigenvalue weighted by molar-refractivity contribution is 7.92. The van der Waals surface area contributed by atoms with Crippen molar-refractivity contribution in [2.24, 2.45) is 0 Å². The molecule has 1 aliphatic rings. The van der Waals surface area contributed by atoms with E-state index < -0.39 is 16.1 Å². The second-order valence-electron chi connectivity index (χ2n) is 9.90. The van der Waals surface area contributed by atoms with Crippen molar-refractivity contribution in [3.63, 3.8) is 0 Å². The Morgan fingerprint density at radius 3 is 2.41 bits per heavy atom. The Hall–Kier alpha value is -3.27. The molecular weight excluding hydrogens is 518 g/mol. The monoisotopic (exact) mass is 559 g/mol. The summed E-state index contributed by atoms with van der Waals surface area (Å²) >= 11 is 0. The van der Waals surface area contributed by atoms with Gasteiger partial charge in [-0.1, -0.05) is 44.0 Å². The van der Waals surface area contributed by atoms with Crippen molar-refractivity contribution in [2.75, 3.05) is 31.3 Å². The molecule has 2 amide bonds. The standard InChI is InChI=1S/C29H41N3O6S/c1-5-25(29(34)30-23-13-6-7-14-23)31(21-22-12-10-15-24(20-22)37-2)28(33)18-11-19-32(39(4,35)36)26-16-8-9-17-27(26)38-3/h8-10,12,15-17,20,23,25H,5-7,11,13-14,18-19,21H2,1-4H3,(H,30,34)/t25-/m1/s1. The molecule has 0 heterocycles. The minimum absolute atomic E-state index is 0.0817. The minimum atomic E-state index is -3.62. The molecule has 0 unspecified atom stereocenters. The van der Waals surface area contributed by atoms with Gasteiger partial charge in [0.15, 0.2) is 0 Å². The van der Waals surface area contributed by atoms with Gasteiger partial charge in [0.2, 0.25) is 21.8 Å². The van der Waals surface area contributed by atoms with E-state index in [4.69, 9.17) is 9.47 Å². The smallest absolute Gasteiger partial charge is 0.243 e. The van der Waals surface area contributed by atoms with Crippen LogP contribution in [0.3, 0.4) is 0 Å². The van der Waals surface area contributed by atoms with Crippen molar-refractivity contribution < 1.29 is 27.5 Å². The number of benzene rings is 2. The van der Waals surface area contributed by atoms with E-state index in [1.165, 1.54) is 11.4 Å². The summed E-state index contributed by atoms with van der Waals surface area (Å²) in [5.74, 6) is 0.750. The normalized spacial score (nSPS) is 14.5. The SMILES string of the molecule is CC[C@H](C(=O)NC1CCCC1)N(Cc1cccc(OC)c1)C(=O)CCCN(c1ccccc1OC)S(C)(=O)=O. The summed E-state index contributed by atoms with van der Waals surface area (Å²) in [6.45, 7) is 2.25. The van der Waals surface area contributed by atoms with E-state index >= 15 is 0 Å². The van der Waals surface area contributed by atoms with Gasteiger partial charge in [-0.2, -0.15) is 0 Å². The summed E-state index contributed by atoms with van der Waals surface area (Å²) in [5, 5.41) is 3.14. The molecule has 0 radical (unpaired) electrons. The van der Waals surface area contributed by atoms with Crippen LogP contribution in [0.15, 0.2) is 48.5 Å². The van der Waals surface area contributed by atoms with Gasteiger partial charge in [0.25, 0.3) is 0 Å². The van der Waals surface area contributed by atoms with Gasteiger partial charge in [0.05, 0.1) is 26.2 Å². The lowest BCUT2D eigenvalue weighted by Gasteiger charge is -2.32. The molecule has 39 heavy (non-hydrogen) atoms. The predicted octanol–water partition coefficient (Wildman–Crippen LogP) is 4.12. The maximum absolute atomic E-state index is 13.7. The van der Waals surface area contributed by atoms with E-state index in [0.717, 1.165) is 37.5 Å². The molecule has 2 aromatic carbocycles. The van der Waals surface area contributed by atoms with Crippen LogP contribution in [0.2, 0.25) is 0 Å². The van der Waals surface area contributed by atoms with E-state index in [0.29, 0.717) is 23.6 Å². The number of nitrogens with one attached hydrogen (secondary N) is 1. The zero-order chi connectivity index (χ0) is 28.4. The first-order valence-corrected chi connectivity index (χ1v) is 15.4. The van der Waals surface area contributed by atoms with Gasteiger partial charge in [-0.15, -0.1) is 0 Å². The summed E-state index contributed by atoms with van der Waals surface area (Å²) < 4.78 is 37.2. The molecule has 0 spiro atoms. The number of hydrogen-bond acceptors (Lipinski definition) is 6. The topological polar surface area (TPSA) is 105 Å². The zero-order valence-electron chi connectivity index (χ0n) is 23.4. The number of sulfonamides is 1. The molecule has 0 aliphatic heterocycles. The summed E-state index contributed by atoms with van der Waals surface area (Å²) in [7, 11) is -0.551. The second-order valence-corrected chi connectivity index (χ2v) is 11.8. The molecule has 9 nitrogen and oxygen atoms in total. The fourth-order valence-corrected chi connectivity index (χ4v) is 6.04. The van der Waals surface area contributed by atoms with Crippen molar-refractivity contribution >= 4 is 27.5 Å². The van der Waals surface area contributed by atoms with Gasteiger partial charge in [-0.3, -0.25) is 13.9 Å². The Labute approximate surface area is 232 Å². The summed E-state index contributed by atoms with van der Waals surface area (Å²) in [4.78, 5) is 28.6. The van der Waals surface area contributed by atoms with E-state index in [9.17, 15) is 18.0 Å². The molecular formula is C29H41N3O6S. The third kappa shape index (κ3) is 8.36. The fraction of sp³-hybridized carbons (Fsp3) is 0.517. The van der Waals surface area contributed by atoms with Crippen LogP contribution in [-0.2, 0) is 26.2 Å². The Bertz CT molecular complexity index is 1210. The molecule has 214 valence electrons. The Morgan fingerprint density at radius 2 is 1.77 bits per heavy atom. The quantitative estimate of drug-likeness (QED) is 0.373. The third-order valence-electron chi connectivity index (χ3n) is 7.08. The van der Waals surface area contributed by atoms with Crippen molar-refractivity contribution in [3.05, 3.63) is 54.1 Å². The molecule has 0 bridgehead atoms. The molecule has 1 atom stereocenters. The van der Waals surface area contributed by atoms with Crippen LogP contribution >= 0.6 is 0 Å². The number of hydrogen-bond donors (Lipinski definition) is 1. The van der Waals surface area contributed by atoms with Gasteiger partial charge in [0, 0.05) is 25.6 Å². The fourth-order valence-electron chi connectivity index (χ4n) is 5.07. The largest absolute Gasteiger partial charge is 0.497 e. The van der Waals surface area contributed by atoms with Gasteiger partial charge in [-0.25, -0.2) is 8.42 Å². The highest BCUT2D eigenvalue weighted by Crippen LogP contribution is 2.30. The molecule has 1 saturated carbocycles. The number of amides is 2. The molecule has 2 aromatic rings. The summed E-state index contributed by atoms with van der Waals surface area (Å²) in [6, 6.07) is 13.8. The van der Waals surface area contributed by atoms with Crippen molar-refractivity contribution in [1.82, 2.24) is 10.2 Å². The Morgan fingerprint density at radius 1 is 1.05 bits per heavy atom. The van der Waals surface area contributed by atoms with Crippen LogP contribution in [0.5, 0.6) is 11.5 Å². The van der Waals surface area contributed by atoms with E-state index in [1.807, 2.05) is 31.2 Å². The molecule has 1 aliphatic carbocycles. The molecule has 10 heteroatoms. The van der Waals surface area contributed by atoms with Crippen LogP contribution in [0.1, 0.15) is 57.4 Å². The lowest BCUT2D eigenvalue weighted by Crippen LogP contribution is -2.51. The molecule has 3 rings (SSSR count). The van der Waals surface area contributed by atoms with Crippen LogP contribution < -0.4 is 19.1 Å². The predicted molar refractivity (Wildman–Crippen MR) is 152 cm³/mol. The number of methoxy groups -OCH3 is 2. The zero-order valence-corrected chi connectivity index (χ0v) is 24.2. The van der Waals surface area contributed by atoms with E-state index in [2.05, 4.69) is 5.32 Å². The lowest BCUT2D eigenvalue weighted by molar-refractivity contribution is -0.141. The lowest BCUT2D eigenvalue weighted by atomic mass is 10.1. The van der Waals surface area contributed by atoms with Crippen LogP contribution in [0, 0.1) is 0 Å². The van der Waals surface area contributed by atoms with E-state index in [1.54, 1.807) is 36.3 Å². The van der Waals surface area contributed by atoms with Gasteiger partial charge < -0.3 is 19.7 Å². The van der Waals surface area contributed by atoms with E-state index in [-0.39, 0.29) is 43.8 Å². The van der Waals surface area contributed by atoms with Crippen LogP contribution in [0.4, 0.5) is 5.69 Å². The van der Waals surface area contributed by atoms with Gasteiger partial charge in [0.1, 0.15) is 17.5 Å². The first kappa shape index (κ1) is 30.3. The summed E-state index contributed by atoms with van der Waals surface area (Å²) in [6.07, 6.45) is 6.06. The molecule has 0 aromatic heterocycles. The molecule has 0 saturated heterocycles. The maximum Gasteiger partial charge on any atom is 0.243 e. The number of carbonyl (C=O) groups excluding carboxylic acids is 2. The molecule has 1 fully saturated rings. The minimum Gasteiger partial charge on any atom is -0.497 e. The van der Waals surface area contributed by atoms with Gasteiger partial charge in [-0.05, 0) is 55.5 Å². The van der Waals surface area contributed by atoms with Crippen molar-refractivity contribution in [1.29, 1.82) is 0 Å². The van der Waals surface area contributed by atoms with Crippen molar-refractivity contribution in [2.45, 2.75) is 70.5 Å². The van der Waals surface area contributed by atoms with Gasteiger partial charge >= 0.3 is 0 Å². The average molecular weight is 560 g/mol. The number of carbonyl (C=O) groups is 2. The number of rotatable bonds is 14. The number of ether oxygens (including phenoxy) is 2. The highest BCUT2D eigenvalue weighted by Gasteiger charge is 2.31. The Balaban J connectivity index is 1.79. The maximum atomic E-state index is 13.7. The highest BCUT2D eigenvalue weighted by atomic mass is 32.2. The van der Waals surface area contributed by atoms with Crippen LogP contribution in [-0.4, -0.2) is 64.2 Å². The van der Waals surface area contributed by atoms with Crippen molar-refractivity contribution in [3.8, 4) is 11.5 Å². The third-order valence-corrected chi connectivity index (χ3v) is 8.26. The number of para-hydroxylation sites is 2. The summed E-state index contributed by atoms with van der Waals surface area (Å²) in [5.41, 5.74) is 1.27. The Kier molecular flexibility index (Phi) is 11.0. The second kappa shape index (κ2) is 14.2. The first-order valence-electron chi connectivity index (χ1n) is 13.5. The number of anilines is 1.